The normalized spacial score (nSPS) is 13.0. The molecule has 0 aromatic carbocycles. The second-order valence-electron chi connectivity index (χ2n) is 9.59. The van der Waals surface area contributed by atoms with Crippen LogP contribution in [0.2, 0.25) is 0 Å². The van der Waals surface area contributed by atoms with Crippen molar-refractivity contribution in [2.45, 2.75) is 162 Å². The maximum atomic E-state index is 12.2. The van der Waals surface area contributed by atoms with Gasteiger partial charge in [0, 0.05) is 13.3 Å². The van der Waals surface area contributed by atoms with Gasteiger partial charge in [-0.2, -0.15) is 0 Å². The van der Waals surface area contributed by atoms with Gasteiger partial charge in [-0.3, -0.25) is 9.59 Å². The smallest absolute Gasteiger partial charge is 0.311 e. The Kier molecular flexibility index (Phi) is 22.3. The van der Waals surface area contributed by atoms with Gasteiger partial charge in [-0.15, -0.1) is 0 Å². The summed E-state index contributed by atoms with van der Waals surface area (Å²) in [6, 6.07) is 0. The van der Waals surface area contributed by atoms with Crippen LogP contribution in [0.1, 0.15) is 156 Å². The summed E-state index contributed by atoms with van der Waals surface area (Å²) in [5.74, 6) is -0.661. The van der Waals surface area contributed by atoms with Gasteiger partial charge in [0.05, 0.1) is 5.92 Å². The summed E-state index contributed by atoms with van der Waals surface area (Å²) in [5.41, 5.74) is 0. The number of esters is 2. The Hall–Kier alpha value is -1.06. The zero-order valence-corrected chi connectivity index (χ0v) is 21.9. The number of unbranched alkanes of at least 4 members (excludes halogenated alkanes) is 16. The van der Waals surface area contributed by atoms with E-state index < -0.39 is 6.29 Å². The van der Waals surface area contributed by atoms with Gasteiger partial charge in [0.2, 0.25) is 6.29 Å². The Balaban J connectivity index is 3.63. The van der Waals surface area contributed by atoms with Crippen molar-refractivity contribution in [3.8, 4) is 0 Å². The van der Waals surface area contributed by atoms with Crippen LogP contribution in [-0.4, -0.2) is 18.2 Å². The van der Waals surface area contributed by atoms with E-state index in [1.165, 1.54) is 96.3 Å². The molecule has 4 heteroatoms. The Morgan fingerprint density at radius 1 is 0.562 bits per heavy atom. The summed E-state index contributed by atoms with van der Waals surface area (Å²) in [7, 11) is 0. The Morgan fingerprint density at radius 2 is 0.969 bits per heavy atom. The van der Waals surface area contributed by atoms with Crippen LogP contribution in [0.25, 0.3) is 0 Å². The van der Waals surface area contributed by atoms with E-state index in [4.69, 9.17) is 9.47 Å². The highest BCUT2D eigenvalue weighted by molar-refractivity contribution is 5.73. The number of carbonyl (C=O) groups excluding carboxylic acids is 2. The molecule has 0 bridgehead atoms. The Labute approximate surface area is 199 Å². The van der Waals surface area contributed by atoms with Gasteiger partial charge in [0.25, 0.3) is 0 Å². The summed E-state index contributed by atoms with van der Waals surface area (Å²) in [6.45, 7) is 8.02. The second kappa shape index (κ2) is 23.1. The molecule has 0 spiro atoms. The first-order chi connectivity index (χ1) is 15.5. The van der Waals surface area contributed by atoms with Crippen molar-refractivity contribution in [2.24, 2.45) is 5.92 Å². The number of carbonyl (C=O) groups is 2. The fourth-order valence-corrected chi connectivity index (χ4v) is 4.01. The molecular formula is C28H54O4. The third-order valence-electron chi connectivity index (χ3n) is 6.21. The van der Waals surface area contributed by atoms with E-state index in [1.807, 2.05) is 6.92 Å². The van der Waals surface area contributed by atoms with Crippen LogP contribution in [0.4, 0.5) is 0 Å². The standard InChI is InChI=1S/C28H54O4/c1-5-7-9-11-13-15-16-18-20-22-24-27(29)31-26(4)32-28(30)25(3)23-21-19-17-14-12-10-8-6-2/h25-26H,5-24H2,1-4H3. The summed E-state index contributed by atoms with van der Waals surface area (Å²) in [4.78, 5) is 24.2. The fraction of sp³-hybridized carbons (Fsp3) is 0.929. The zero-order valence-electron chi connectivity index (χ0n) is 21.9. The largest absolute Gasteiger partial charge is 0.425 e. The molecule has 2 unspecified atom stereocenters. The summed E-state index contributed by atoms with van der Waals surface area (Å²) in [6.07, 6.45) is 22.9. The van der Waals surface area contributed by atoms with Gasteiger partial charge in [0.1, 0.15) is 0 Å². The molecule has 0 rings (SSSR count). The van der Waals surface area contributed by atoms with Crippen molar-refractivity contribution in [3.63, 3.8) is 0 Å². The molecule has 2 atom stereocenters. The van der Waals surface area contributed by atoms with E-state index in [0.29, 0.717) is 6.42 Å². The Bertz CT molecular complexity index is 435. The molecule has 0 fully saturated rings. The average Bonchev–Trinajstić information content (AvgIpc) is 2.76. The predicted octanol–water partition coefficient (Wildman–Crippen LogP) is 8.90. The van der Waals surface area contributed by atoms with Gasteiger partial charge in [-0.05, 0) is 12.8 Å². The maximum Gasteiger partial charge on any atom is 0.311 e. The lowest BCUT2D eigenvalue weighted by Crippen LogP contribution is -2.25. The van der Waals surface area contributed by atoms with Crippen molar-refractivity contribution < 1.29 is 19.1 Å². The van der Waals surface area contributed by atoms with E-state index >= 15 is 0 Å². The predicted molar refractivity (Wildman–Crippen MR) is 134 cm³/mol. The van der Waals surface area contributed by atoms with Crippen molar-refractivity contribution in [1.82, 2.24) is 0 Å². The molecule has 0 aromatic rings. The first-order valence-electron chi connectivity index (χ1n) is 13.9. The zero-order chi connectivity index (χ0) is 23.9. The highest BCUT2D eigenvalue weighted by Crippen LogP contribution is 2.16. The van der Waals surface area contributed by atoms with Crippen molar-refractivity contribution in [1.29, 1.82) is 0 Å². The topological polar surface area (TPSA) is 52.6 Å². The number of ether oxygens (including phenoxy) is 2. The summed E-state index contributed by atoms with van der Waals surface area (Å²) >= 11 is 0. The van der Waals surface area contributed by atoms with Gasteiger partial charge < -0.3 is 9.47 Å². The lowest BCUT2D eigenvalue weighted by atomic mass is 10.0. The molecule has 0 aliphatic rings. The van der Waals surface area contributed by atoms with Crippen LogP contribution in [0, 0.1) is 5.92 Å². The molecule has 190 valence electrons. The van der Waals surface area contributed by atoms with Gasteiger partial charge in [-0.1, -0.05) is 130 Å². The molecule has 0 amide bonds. The van der Waals surface area contributed by atoms with E-state index in [2.05, 4.69) is 13.8 Å². The number of hydrogen-bond acceptors (Lipinski definition) is 4. The van der Waals surface area contributed by atoms with E-state index in [1.54, 1.807) is 6.92 Å². The minimum Gasteiger partial charge on any atom is -0.425 e. The van der Waals surface area contributed by atoms with Gasteiger partial charge in [-0.25, -0.2) is 0 Å². The van der Waals surface area contributed by atoms with Gasteiger partial charge in [0.15, 0.2) is 0 Å². The van der Waals surface area contributed by atoms with Crippen LogP contribution in [-0.2, 0) is 19.1 Å². The SMILES string of the molecule is CCCCCCCCCCCCC(=O)OC(C)OC(=O)C(C)CCCCCCCCCC. The molecule has 32 heavy (non-hydrogen) atoms. The third kappa shape index (κ3) is 20.8. The van der Waals surface area contributed by atoms with E-state index in [-0.39, 0.29) is 17.9 Å². The van der Waals surface area contributed by atoms with E-state index in [9.17, 15) is 9.59 Å². The molecule has 0 N–H and O–H groups in total. The molecule has 0 heterocycles. The van der Waals surface area contributed by atoms with E-state index in [0.717, 1.165) is 25.7 Å². The van der Waals surface area contributed by atoms with Crippen LogP contribution in [0.5, 0.6) is 0 Å². The monoisotopic (exact) mass is 454 g/mol. The summed E-state index contributed by atoms with van der Waals surface area (Å²) < 4.78 is 10.6. The minimum atomic E-state index is -0.792. The van der Waals surface area contributed by atoms with Crippen molar-refractivity contribution >= 4 is 11.9 Å². The molecule has 0 aromatic heterocycles. The highest BCUT2D eigenvalue weighted by Gasteiger charge is 2.19. The van der Waals surface area contributed by atoms with Crippen molar-refractivity contribution in [2.75, 3.05) is 0 Å². The molecule has 4 nitrogen and oxygen atoms in total. The molecule has 0 saturated carbocycles. The number of hydrogen-bond donors (Lipinski definition) is 0. The second-order valence-corrected chi connectivity index (χ2v) is 9.59. The first kappa shape index (κ1) is 30.9. The lowest BCUT2D eigenvalue weighted by molar-refractivity contribution is -0.187. The van der Waals surface area contributed by atoms with Crippen LogP contribution in [0.3, 0.4) is 0 Å². The minimum absolute atomic E-state index is 0.141. The van der Waals surface area contributed by atoms with Crippen LogP contribution < -0.4 is 0 Å². The highest BCUT2D eigenvalue weighted by atomic mass is 16.7. The molecule has 0 aliphatic carbocycles. The average molecular weight is 455 g/mol. The van der Waals surface area contributed by atoms with Crippen molar-refractivity contribution in [3.05, 3.63) is 0 Å². The maximum absolute atomic E-state index is 12.2. The molecule has 0 saturated heterocycles. The molecule has 0 aliphatic heterocycles. The quantitative estimate of drug-likeness (QED) is 0.0878. The fourth-order valence-electron chi connectivity index (χ4n) is 4.01. The summed E-state index contributed by atoms with van der Waals surface area (Å²) in [5, 5.41) is 0. The van der Waals surface area contributed by atoms with Crippen LogP contribution >= 0.6 is 0 Å². The third-order valence-corrected chi connectivity index (χ3v) is 6.21. The molecule has 0 radical (unpaired) electrons. The number of rotatable bonds is 23. The lowest BCUT2D eigenvalue weighted by Gasteiger charge is -2.17. The first-order valence-corrected chi connectivity index (χ1v) is 13.9. The van der Waals surface area contributed by atoms with Gasteiger partial charge >= 0.3 is 11.9 Å². The molecular weight excluding hydrogens is 400 g/mol. The van der Waals surface area contributed by atoms with Crippen LogP contribution in [0.15, 0.2) is 0 Å². The Morgan fingerprint density at radius 3 is 1.44 bits per heavy atom.